The highest BCUT2D eigenvalue weighted by molar-refractivity contribution is 7.99. The van der Waals surface area contributed by atoms with Gasteiger partial charge in [0.15, 0.2) is 0 Å². The number of nitrogen functional groups attached to an aromatic ring is 1. The first-order chi connectivity index (χ1) is 9.47. The fourth-order valence-corrected chi connectivity index (χ4v) is 5.00. The zero-order valence-corrected chi connectivity index (χ0v) is 13.3. The zero-order chi connectivity index (χ0) is 14.8. The minimum atomic E-state index is -3.59. The Balaban J connectivity index is 2.26. The van der Waals surface area contributed by atoms with Gasteiger partial charge in [0.1, 0.15) is 10.6 Å². The van der Waals surface area contributed by atoms with Gasteiger partial charge in [0.2, 0.25) is 10.0 Å². The third kappa shape index (κ3) is 3.21. The van der Waals surface area contributed by atoms with Crippen LogP contribution in [-0.2, 0) is 10.0 Å². The smallest absolute Gasteiger partial charge is 0.244 e. The second-order valence-corrected chi connectivity index (χ2v) is 7.60. The van der Waals surface area contributed by atoms with Crippen molar-refractivity contribution in [1.29, 1.82) is 0 Å². The van der Waals surface area contributed by atoms with Gasteiger partial charge in [0.25, 0.3) is 0 Å². The average Bonchev–Trinajstić information content (AvgIpc) is 2.84. The molecule has 1 aliphatic rings. The molecule has 1 aliphatic carbocycles. The van der Waals surface area contributed by atoms with Crippen molar-refractivity contribution in [3.63, 3.8) is 0 Å². The van der Waals surface area contributed by atoms with Gasteiger partial charge in [-0.05, 0) is 31.2 Å². The Hall–Kier alpha value is -0.920. The van der Waals surface area contributed by atoms with Crippen LogP contribution in [-0.4, -0.2) is 33.1 Å². The standard InChI is InChI=1S/C13H20N2O3S2/c1-18-11-8-9(14)6-7-13(11)20(16,17)15-10-4-3-5-12(10)19-2/h6-8,10,12,15H,3-5,14H2,1-2H3. The number of anilines is 1. The van der Waals surface area contributed by atoms with E-state index in [1.54, 1.807) is 17.8 Å². The Morgan fingerprint density at radius 3 is 2.80 bits per heavy atom. The van der Waals surface area contributed by atoms with E-state index in [0.717, 1.165) is 19.3 Å². The molecule has 2 unspecified atom stereocenters. The number of ether oxygens (including phenoxy) is 1. The first-order valence-electron chi connectivity index (χ1n) is 6.46. The van der Waals surface area contributed by atoms with E-state index in [-0.39, 0.29) is 16.7 Å². The highest BCUT2D eigenvalue weighted by Gasteiger charge is 2.31. The van der Waals surface area contributed by atoms with Crippen LogP contribution in [0.1, 0.15) is 19.3 Å². The van der Waals surface area contributed by atoms with Crippen molar-refractivity contribution < 1.29 is 13.2 Å². The first kappa shape index (κ1) is 15.5. The summed E-state index contributed by atoms with van der Waals surface area (Å²) >= 11 is 1.71. The fourth-order valence-electron chi connectivity index (χ4n) is 2.51. The van der Waals surface area contributed by atoms with Crippen LogP contribution in [0.15, 0.2) is 23.1 Å². The lowest BCUT2D eigenvalue weighted by Crippen LogP contribution is -2.38. The number of rotatable bonds is 5. The number of hydrogen-bond acceptors (Lipinski definition) is 5. The predicted octanol–water partition coefficient (Wildman–Crippen LogP) is 1.84. The maximum atomic E-state index is 12.5. The van der Waals surface area contributed by atoms with Crippen molar-refractivity contribution in [2.24, 2.45) is 0 Å². The zero-order valence-electron chi connectivity index (χ0n) is 11.6. The number of nitrogens with one attached hydrogen (secondary N) is 1. The molecular weight excluding hydrogens is 296 g/mol. The quantitative estimate of drug-likeness (QED) is 0.810. The van der Waals surface area contributed by atoms with Gasteiger partial charge in [-0.25, -0.2) is 13.1 Å². The van der Waals surface area contributed by atoms with Gasteiger partial charge in [0.05, 0.1) is 7.11 Å². The summed E-state index contributed by atoms with van der Waals surface area (Å²) in [7, 11) is -2.15. The number of hydrogen-bond donors (Lipinski definition) is 2. The molecule has 1 fully saturated rings. The number of benzene rings is 1. The largest absolute Gasteiger partial charge is 0.495 e. The van der Waals surface area contributed by atoms with Gasteiger partial charge < -0.3 is 10.5 Å². The van der Waals surface area contributed by atoms with Gasteiger partial charge in [-0.15, -0.1) is 0 Å². The van der Waals surface area contributed by atoms with Crippen LogP contribution in [0.5, 0.6) is 5.75 Å². The van der Waals surface area contributed by atoms with Crippen LogP contribution in [0.2, 0.25) is 0 Å². The summed E-state index contributed by atoms with van der Waals surface area (Å²) in [6.45, 7) is 0. The lowest BCUT2D eigenvalue weighted by atomic mass is 10.3. The molecule has 0 bridgehead atoms. The van der Waals surface area contributed by atoms with E-state index in [0.29, 0.717) is 10.9 Å². The molecule has 7 heteroatoms. The van der Waals surface area contributed by atoms with Crippen molar-refractivity contribution in [1.82, 2.24) is 4.72 Å². The molecular formula is C13H20N2O3S2. The second kappa shape index (κ2) is 6.24. The maximum absolute atomic E-state index is 12.5. The second-order valence-electron chi connectivity index (χ2n) is 4.84. The van der Waals surface area contributed by atoms with E-state index in [9.17, 15) is 8.42 Å². The highest BCUT2D eigenvalue weighted by atomic mass is 32.2. The molecule has 1 saturated carbocycles. The molecule has 1 aromatic carbocycles. The lowest BCUT2D eigenvalue weighted by molar-refractivity contribution is 0.402. The summed E-state index contributed by atoms with van der Waals surface area (Å²) < 4.78 is 32.9. The van der Waals surface area contributed by atoms with E-state index >= 15 is 0 Å². The predicted molar refractivity (Wildman–Crippen MR) is 82.7 cm³/mol. The SMILES string of the molecule is COc1cc(N)ccc1S(=O)(=O)NC1CCCC1SC. The third-order valence-electron chi connectivity index (χ3n) is 3.54. The van der Waals surface area contributed by atoms with E-state index in [1.807, 2.05) is 6.26 Å². The molecule has 0 saturated heterocycles. The molecule has 1 aromatic rings. The summed E-state index contributed by atoms with van der Waals surface area (Å²) in [5.74, 6) is 0.274. The Morgan fingerprint density at radius 2 is 2.15 bits per heavy atom. The normalized spacial score (nSPS) is 22.9. The van der Waals surface area contributed by atoms with E-state index in [2.05, 4.69) is 4.72 Å². The minimum Gasteiger partial charge on any atom is -0.495 e. The summed E-state index contributed by atoms with van der Waals surface area (Å²) in [4.78, 5) is 0.140. The maximum Gasteiger partial charge on any atom is 0.244 e. The molecule has 5 nitrogen and oxygen atoms in total. The molecule has 0 radical (unpaired) electrons. The molecule has 0 heterocycles. The van der Waals surface area contributed by atoms with Crippen molar-refractivity contribution >= 4 is 27.5 Å². The van der Waals surface area contributed by atoms with E-state index in [4.69, 9.17) is 10.5 Å². The molecule has 3 N–H and O–H groups in total. The van der Waals surface area contributed by atoms with Crippen molar-refractivity contribution in [2.75, 3.05) is 19.1 Å². The molecule has 0 aromatic heterocycles. The summed E-state index contributed by atoms with van der Waals surface area (Å²) in [6.07, 6.45) is 4.99. The van der Waals surface area contributed by atoms with Gasteiger partial charge in [-0.2, -0.15) is 11.8 Å². The Labute approximate surface area is 124 Å². The Morgan fingerprint density at radius 1 is 1.40 bits per heavy atom. The van der Waals surface area contributed by atoms with E-state index in [1.165, 1.54) is 19.2 Å². The summed E-state index contributed by atoms with van der Waals surface area (Å²) in [6, 6.07) is 4.56. The number of sulfonamides is 1. The fraction of sp³-hybridized carbons (Fsp3) is 0.538. The molecule has 112 valence electrons. The van der Waals surface area contributed by atoms with Crippen molar-refractivity contribution in [3.05, 3.63) is 18.2 Å². The summed E-state index contributed by atoms with van der Waals surface area (Å²) in [5, 5.41) is 0.338. The molecule has 0 amide bonds. The molecule has 0 spiro atoms. The van der Waals surface area contributed by atoms with Gasteiger partial charge in [-0.3, -0.25) is 0 Å². The molecule has 0 aliphatic heterocycles. The van der Waals surface area contributed by atoms with E-state index < -0.39 is 10.0 Å². The topological polar surface area (TPSA) is 81.4 Å². The number of nitrogens with two attached hydrogens (primary N) is 1. The van der Waals surface area contributed by atoms with Gasteiger partial charge in [0, 0.05) is 23.0 Å². The average molecular weight is 316 g/mol. The van der Waals surface area contributed by atoms with Gasteiger partial charge >= 0.3 is 0 Å². The number of thioether (sulfide) groups is 1. The Bertz CT molecular complexity index is 575. The Kier molecular flexibility index (Phi) is 4.82. The van der Waals surface area contributed by atoms with Crippen molar-refractivity contribution in [3.8, 4) is 5.75 Å². The molecule has 2 atom stereocenters. The third-order valence-corrected chi connectivity index (χ3v) is 6.24. The highest BCUT2D eigenvalue weighted by Crippen LogP contribution is 2.31. The molecule has 2 rings (SSSR count). The lowest BCUT2D eigenvalue weighted by Gasteiger charge is -2.20. The monoisotopic (exact) mass is 316 g/mol. The van der Waals surface area contributed by atoms with Crippen LogP contribution in [0.3, 0.4) is 0 Å². The van der Waals surface area contributed by atoms with Crippen LogP contribution in [0.4, 0.5) is 5.69 Å². The minimum absolute atomic E-state index is 0.0164. The van der Waals surface area contributed by atoms with Crippen LogP contribution < -0.4 is 15.2 Å². The van der Waals surface area contributed by atoms with Crippen LogP contribution >= 0.6 is 11.8 Å². The van der Waals surface area contributed by atoms with Crippen molar-refractivity contribution in [2.45, 2.75) is 35.4 Å². The molecule has 20 heavy (non-hydrogen) atoms. The first-order valence-corrected chi connectivity index (χ1v) is 9.23. The number of methoxy groups -OCH3 is 1. The van der Waals surface area contributed by atoms with Crippen LogP contribution in [0.25, 0.3) is 0 Å². The summed E-state index contributed by atoms with van der Waals surface area (Å²) in [5.41, 5.74) is 6.13. The van der Waals surface area contributed by atoms with Crippen LogP contribution in [0, 0.1) is 0 Å². The van der Waals surface area contributed by atoms with Gasteiger partial charge in [-0.1, -0.05) is 6.42 Å².